The lowest BCUT2D eigenvalue weighted by atomic mass is 10.2. The van der Waals surface area contributed by atoms with Gasteiger partial charge in [0.05, 0.1) is 16.1 Å². The zero-order valence-corrected chi connectivity index (χ0v) is 11.6. The summed E-state index contributed by atoms with van der Waals surface area (Å²) >= 11 is 7.71. The fraction of sp³-hybridized carbons (Fsp3) is 0.545. The Morgan fingerprint density at radius 3 is 2.71 bits per heavy atom. The Balaban J connectivity index is 2.26. The Morgan fingerprint density at radius 1 is 1.35 bits per heavy atom. The van der Waals surface area contributed by atoms with Crippen LogP contribution in [0.25, 0.3) is 10.8 Å². The van der Waals surface area contributed by atoms with E-state index in [0.29, 0.717) is 11.7 Å². The Labute approximate surface area is 109 Å². The molecule has 0 aliphatic heterocycles. The van der Waals surface area contributed by atoms with Gasteiger partial charge in [-0.15, -0.1) is 22.9 Å². The van der Waals surface area contributed by atoms with Crippen molar-refractivity contribution in [1.82, 2.24) is 15.1 Å². The molecule has 2 aromatic rings. The van der Waals surface area contributed by atoms with Crippen molar-refractivity contribution in [3.63, 3.8) is 0 Å². The van der Waals surface area contributed by atoms with Crippen LogP contribution in [0.1, 0.15) is 41.7 Å². The summed E-state index contributed by atoms with van der Waals surface area (Å²) in [5.41, 5.74) is 0.921. The lowest BCUT2D eigenvalue weighted by Gasteiger charge is -1.99. The van der Waals surface area contributed by atoms with Crippen LogP contribution in [-0.2, 0) is 0 Å². The molecule has 17 heavy (non-hydrogen) atoms. The quantitative estimate of drug-likeness (QED) is 0.792. The van der Waals surface area contributed by atoms with Crippen molar-refractivity contribution in [3.05, 3.63) is 16.5 Å². The van der Waals surface area contributed by atoms with Gasteiger partial charge in [-0.1, -0.05) is 18.5 Å². The summed E-state index contributed by atoms with van der Waals surface area (Å²) < 4.78 is 5.24. The van der Waals surface area contributed by atoms with E-state index >= 15 is 0 Å². The smallest absolute Gasteiger partial charge is 0.269 e. The first-order valence-corrected chi connectivity index (χ1v) is 6.79. The molecule has 92 valence electrons. The second-order valence-corrected chi connectivity index (χ2v) is 5.59. The minimum absolute atomic E-state index is 0.174. The van der Waals surface area contributed by atoms with Gasteiger partial charge in [-0.2, -0.15) is 4.98 Å². The summed E-state index contributed by atoms with van der Waals surface area (Å²) in [6, 6.07) is 0. The molecule has 1 unspecified atom stereocenters. The molecular formula is C11H14ClN3OS. The topological polar surface area (TPSA) is 51.8 Å². The van der Waals surface area contributed by atoms with E-state index in [-0.39, 0.29) is 5.38 Å². The maximum Gasteiger partial charge on any atom is 0.269 e. The van der Waals surface area contributed by atoms with Gasteiger partial charge in [0.1, 0.15) is 4.88 Å². The maximum absolute atomic E-state index is 6.15. The highest BCUT2D eigenvalue weighted by Gasteiger charge is 2.18. The van der Waals surface area contributed by atoms with Crippen molar-refractivity contribution in [2.24, 2.45) is 0 Å². The Morgan fingerprint density at radius 2 is 2.12 bits per heavy atom. The number of aryl methyl sites for hydroxylation is 2. The predicted octanol–water partition coefficient (Wildman–Crippen LogP) is 3.89. The molecule has 4 nitrogen and oxygen atoms in total. The van der Waals surface area contributed by atoms with E-state index in [1.165, 1.54) is 0 Å². The Bertz CT molecular complexity index is 509. The van der Waals surface area contributed by atoms with E-state index in [9.17, 15) is 0 Å². The van der Waals surface area contributed by atoms with Gasteiger partial charge in [0, 0.05) is 0 Å². The van der Waals surface area contributed by atoms with Crippen molar-refractivity contribution < 1.29 is 4.52 Å². The SMILES string of the molecule is CCCC(Cl)c1noc(-c2sc(C)nc2C)n1. The number of thiazole rings is 1. The van der Waals surface area contributed by atoms with Crippen LogP contribution < -0.4 is 0 Å². The van der Waals surface area contributed by atoms with E-state index in [4.69, 9.17) is 16.1 Å². The van der Waals surface area contributed by atoms with Gasteiger partial charge in [0.2, 0.25) is 0 Å². The van der Waals surface area contributed by atoms with Gasteiger partial charge in [0.25, 0.3) is 5.89 Å². The van der Waals surface area contributed by atoms with E-state index in [1.807, 2.05) is 13.8 Å². The summed E-state index contributed by atoms with van der Waals surface area (Å²) in [7, 11) is 0. The van der Waals surface area contributed by atoms with Crippen LogP contribution in [0, 0.1) is 13.8 Å². The van der Waals surface area contributed by atoms with Crippen LogP contribution >= 0.6 is 22.9 Å². The molecule has 0 aliphatic rings. The second-order valence-electron chi connectivity index (χ2n) is 3.86. The minimum Gasteiger partial charge on any atom is -0.333 e. The highest BCUT2D eigenvalue weighted by atomic mass is 35.5. The minimum atomic E-state index is -0.174. The molecule has 0 aliphatic carbocycles. The molecule has 2 rings (SSSR count). The molecule has 0 saturated carbocycles. The average Bonchev–Trinajstić information content (AvgIpc) is 2.85. The number of rotatable bonds is 4. The summed E-state index contributed by atoms with van der Waals surface area (Å²) in [6.07, 6.45) is 1.85. The lowest BCUT2D eigenvalue weighted by Crippen LogP contribution is -1.92. The van der Waals surface area contributed by atoms with Crippen LogP contribution in [0.4, 0.5) is 0 Å². The Hall–Kier alpha value is -0.940. The van der Waals surface area contributed by atoms with E-state index < -0.39 is 0 Å². The highest BCUT2D eigenvalue weighted by Crippen LogP contribution is 2.30. The van der Waals surface area contributed by atoms with Crippen molar-refractivity contribution >= 4 is 22.9 Å². The number of alkyl halides is 1. The fourth-order valence-electron chi connectivity index (χ4n) is 1.57. The third-order valence-electron chi connectivity index (χ3n) is 2.36. The van der Waals surface area contributed by atoms with Crippen molar-refractivity contribution in [3.8, 4) is 10.8 Å². The zero-order chi connectivity index (χ0) is 12.4. The normalized spacial score (nSPS) is 12.9. The van der Waals surface area contributed by atoms with Crippen LogP contribution in [0.5, 0.6) is 0 Å². The molecule has 6 heteroatoms. The van der Waals surface area contributed by atoms with Gasteiger partial charge in [-0.05, 0) is 20.3 Å². The first-order chi connectivity index (χ1) is 8.11. The molecule has 0 amide bonds. The first kappa shape index (κ1) is 12.5. The van der Waals surface area contributed by atoms with Crippen molar-refractivity contribution in [2.75, 3.05) is 0 Å². The van der Waals surface area contributed by atoms with Gasteiger partial charge in [-0.25, -0.2) is 4.98 Å². The number of aromatic nitrogens is 3. The molecule has 0 saturated heterocycles. The summed E-state index contributed by atoms with van der Waals surface area (Å²) in [4.78, 5) is 9.60. The summed E-state index contributed by atoms with van der Waals surface area (Å²) in [5, 5.41) is 4.74. The highest BCUT2D eigenvalue weighted by molar-refractivity contribution is 7.15. The van der Waals surface area contributed by atoms with Crippen LogP contribution in [0.2, 0.25) is 0 Å². The first-order valence-electron chi connectivity index (χ1n) is 5.54. The largest absolute Gasteiger partial charge is 0.333 e. The molecule has 0 spiro atoms. The standard InChI is InChI=1S/C11H14ClN3OS/c1-4-5-8(12)10-14-11(16-15-10)9-6(2)13-7(3)17-9/h8H,4-5H2,1-3H3. The van der Waals surface area contributed by atoms with Crippen LogP contribution in [0.15, 0.2) is 4.52 Å². The second kappa shape index (κ2) is 5.14. The average molecular weight is 272 g/mol. The van der Waals surface area contributed by atoms with Gasteiger partial charge in [-0.3, -0.25) is 0 Å². The zero-order valence-electron chi connectivity index (χ0n) is 10.0. The molecule has 1 atom stereocenters. The molecule has 0 bridgehead atoms. The third-order valence-corrected chi connectivity index (χ3v) is 3.84. The molecule has 0 fully saturated rings. The van der Waals surface area contributed by atoms with E-state index in [2.05, 4.69) is 22.0 Å². The van der Waals surface area contributed by atoms with Crippen molar-refractivity contribution in [1.29, 1.82) is 0 Å². The molecule has 0 radical (unpaired) electrons. The van der Waals surface area contributed by atoms with E-state index in [0.717, 1.165) is 28.4 Å². The summed E-state index contributed by atoms with van der Waals surface area (Å²) in [5.74, 6) is 1.08. The molecule has 2 aromatic heterocycles. The number of halogens is 1. The van der Waals surface area contributed by atoms with Gasteiger partial charge >= 0.3 is 0 Å². The third kappa shape index (κ3) is 2.66. The lowest BCUT2D eigenvalue weighted by molar-refractivity contribution is 0.421. The monoisotopic (exact) mass is 271 g/mol. The number of hydrogen-bond donors (Lipinski definition) is 0. The van der Waals surface area contributed by atoms with Crippen LogP contribution in [0.3, 0.4) is 0 Å². The molecular weight excluding hydrogens is 258 g/mol. The molecule has 0 N–H and O–H groups in total. The molecule has 2 heterocycles. The summed E-state index contributed by atoms with van der Waals surface area (Å²) in [6.45, 7) is 5.97. The van der Waals surface area contributed by atoms with Gasteiger partial charge < -0.3 is 4.52 Å². The fourth-order valence-corrected chi connectivity index (χ4v) is 2.72. The molecule has 0 aromatic carbocycles. The van der Waals surface area contributed by atoms with E-state index in [1.54, 1.807) is 11.3 Å². The maximum atomic E-state index is 6.15. The van der Waals surface area contributed by atoms with Crippen molar-refractivity contribution in [2.45, 2.75) is 39.0 Å². The Kier molecular flexibility index (Phi) is 3.79. The van der Waals surface area contributed by atoms with Gasteiger partial charge in [0.15, 0.2) is 5.82 Å². The number of hydrogen-bond acceptors (Lipinski definition) is 5. The predicted molar refractivity (Wildman–Crippen MR) is 68.4 cm³/mol. The number of nitrogens with zero attached hydrogens (tertiary/aromatic N) is 3. The van der Waals surface area contributed by atoms with Crippen LogP contribution in [-0.4, -0.2) is 15.1 Å².